The first-order valence-electron chi connectivity index (χ1n) is 8.35. The van der Waals surface area contributed by atoms with Crippen molar-refractivity contribution in [2.45, 2.75) is 17.9 Å². The van der Waals surface area contributed by atoms with Crippen LogP contribution in [0.5, 0.6) is 0 Å². The summed E-state index contributed by atoms with van der Waals surface area (Å²) in [4.78, 5) is 33.5. The molecule has 1 aliphatic heterocycles. The van der Waals surface area contributed by atoms with Crippen molar-refractivity contribution in [2.24, 2.45) is 0 Å². The molecule has 136 valence electrons. The van der Waals surface area contributed by atoms with Gasteiger partial charge in [-0.1, -0.05) is 0 Å². The molecule has 0 saturated carbocycles. The molecule has 0 aliphatic carbocycles. The van der Waals surface area contributed by atoms with Crippen molar-refractivity contribution in [1.29, 1.82) is 0 Å². The summed E-state index contributed by atoms with van der Waals surface area (Å²) < 4.78 is 0. The van der Waals surface area contributed by atoms with Gasteiger partial charge >= 0.3 is 0 Å². The molecule has 1 aliphatic rings. The molecule has 27 heavy (non-hydrogen) atoms. The molecule has 0 saturated heterocycles. The number of H-pyrrole nitrogens is 1. The third-order valence-corrected chi connectivity index (χ3v) is 5.06. The molecule has 0 radical (unpaired) electrons. The predicted molar refractivity (Wildman–Crippen MR) is 101 cm³/mol. The van der Waals surface area contributed by atoms with Crippen LogP contribution in [0.2, 0.25) is 0 Å². The third-order valence-electron chi connectivity index (χ3n) is 3.99. The van der Waals surface area contributed by atoms with Crippen LogP contribution < -0.4 is 10.6 Å². The fourth-order valence-electron chi connectivity index (χ4n) is 2.63. The quantitative estimate of drug-likeness (QED) is 0.640. The van der Waals surface area contributed by atoms with E-state index in [4.69, 9.17) is 0 Å². The number of fused-ring (bicyclic) bond motifs is 1. The van der Waals surface area contributed by atoms with E-state index in [-0.39, 0.29) is 18.4 Å². The van der Waals surface area contributed by atoms with Crippen molar-refractivity contribution in [2.75, 3.05) is 11.1 Å². The Morgan fingerprint density at radius 3 is 2.93 bits per heavy atom. The number of benzene rings is 1. The largest absolute Gasteiger partial charge is 0.345 e. The molecular formula is C18H16N6O2S. The van der Waals surface area contributed by atoms with Crippen molar-refractivity contribution >= 4 is 29.3 Å². The number of hydrogen-bond donors (Lipinski definition) is 3. The average molecular weight is 380 g/mol. The predicted octanol–water partition coefficient (Wildman–Crippen LogP) is 2.23. The fourth-order valence-corrected chi connectivity index (χ4v) is 3.57. The van der Waals surface area contributed by atoms with Gasteiger partial charge in [0.1, 0.15) is 5.82 Å². The molecule has 8 nitrogen and oxygen atoms in total. The van der Waals surface area contributed by atoms with E-state index in [1.165, 1.54) is 0 Å². The average Bonchev–Trinajstić information content (AvgIpc) is 3.08. The molecule has 0 fully saturated rings. The van der Waals surface area contributed by atoms with E-state index in [0.717, 1.165) is 16.2 Å². The van der Waals surface area contributed by atoms with Gasteiger partial charge in [-0.15, -0.1) is 11.8 Å². The summed E-state index contributed by atoms with van der Waals surface area (Å²) in [6, 6.07) is 8.93. The number of nitrogens with zero attached hydrogens (tertiary/aromatic N) is 3. The Morgan fingerprint density at radius 2 is 2.07 bits per heavy atom. The molecule has 3 heterocycles. The number of rotatable bonds is 4. The summed E-state index contributed by atoms with van der Waals surface area (Å²) in [5, 5.41) is 12.6. The number of thioether (sulfide) groups is 1. The van der Waals surface area contributed by atoms with E-state index in [9.17, 15) is 9.59 Å². The molecule has 2 amide bonds. The lowest BCUT2D eigenvalue weighted by Crippen LogP contribution is -2.23. The molecule has 9 heteroatoms. The zero-order valence-corrected chi connectivity index (χ0v) is 15.0. The SMILES string of the molecule is O=C1CCSc2ccc(C(=O)NCc3nc(-c4ccncc4)n[nH]3)cc2N1. The van der Waals surface area contributed by atoms with E-state index in [1.807, 2.05) is 18.2 Å². The van der Waals surface area contributed by atoms with Crippen LogP contribution in [-0.4, -0.2) is 37.7 Å². The molecule has 4 rings (SSSR count). The first-order valence-corrected chi connectivity index (χ1v) is 9.34. The fraction of sp³-hybridized carbons (Fsp3) is 0.167. The Kier molecular flexibility index (Phi) is 4.84. The van der Waals surface area contributed by atoms with Crippen LogP contribution in [-0.2, 0) is 11.3 Å². The summed E-state index contributed by atoms with van der Waals surface area (Å²) in [5.41, 5.74) is 2.00. The summed E-state index contributed by atoms with van der Waals surface area (Å²) in [6.45, 7) is 0.217. The highest BCUT2D eigenvalue weighted by atomic mass is 32.2. The lowest BCUT2D eigenvalue weighted by atomic mass is 10.2. The van der Waals surface area contributed by atoms with Crippen LogP contribution in [0, 0.1) is 0 Å². The molecule has 0 unspecified atom stereocenters. The Balaban J connectivity index is 1.43. The number of aromatic amines is 1. The Bertz CT molecular complexity index is 989. The second kappa shape index (κ2) is 7.58. The minimum atomic E-state index is -0.247. The molecule has 0 atom stereocenters. The van der Waals surface area contributed by atoms with Gasteiger partial charge in [0.15, 0.2) is 5.82 Å². The number of pyridine rings is 1. The lowest BCUT2D eigenvalue weighted by molar-refractivity contribution is -0.115. The molecule has 2 aromatic heterocycles. The summed E-state index contributed by atoms with van der Waals surface area (Å²) in [6.07, 6.45) is 3.80. The van der Waals surface area contributed by atoms with Gasteiger partial charge in [0.25, 0.3) is 5.91 Å². The first kappa shape index (κ1) is 17.2. The molecule has 3 aromatic rings. The number of amides is 2. The van der Waals surface area contributed by atoms with Crippen LogP contribution in [0.3, 0.4) is 0 Å². The van der Waals surface area contributed by atoms with Crippen LogP contribution in [0.4, 0.5) is 5.69 Å². The molecule has 0 bridgehead atoms. The maximum atomic E-state index is 12.4. The van der Waals surface area contributed by atoms with Crippen molar-refractivity contribution < 1.29 is 9.59 Å². The van der Waals surface area contributed by atoms with E-state index < -0.39 is 0 Å². The number of hydrogen-bond acceptors (Lipinski definition) is 6. The van der Waals surface area contributed by atoms with Crippen molar-refractivity contribution in [3.8, 4) is 11.4 Å². The van der Waals surface area contributed by atoms with Crippen molar-refractivity contribution in [3.63, 3.8) is 0 Å². The summed E-state index contributed by atoms with van der Waals surface area (Å²) in [7, 11) is 0. The monoisotopic (exact) mass is 380 g/mol. The Labute approximate surface area is 159 Å². The van der Waals surface area contributed by atoms with Crippen molar-refractivity contribution in [1.82, 2.24) is 25.5 Å². The number of carbonyl (C=O) groups excluding carboxylic acids is 2. The smallest absolute Gasteiger partial charge is 0.251 e. The van der Waals surface area contributed by atoms with Gasteiger partial charge in [-0.2, -0.15) is 5.10 Å². The minimum Gasteiger partial charge on any atom is -0.345 e. The standard InChI is InChI=1S/C18H16N6O2S/c25-16-5-8-27-14-2-1-12(9-13(14)21-16)18(26)20-10-15-22-17(24-23-15)11-3-6-19-7-4-11/h1-4,6-7,9H,5,8,10H2,(H,20,26)(H,21,25)(H,22,23,24). The summed E-state index contributed by atoms with van der Waals surface area (Å²) in [5.74, 6) is 1.54. The number of anilines is 1. The Hall–Kier alpha value is -3.20. The topological polar surface area (TPSA) is 113 Å². The van der Waals surface area contributed by atoms with Crippen LogP contribution in [0.15, 0.2) is 47.6 Å². The molecular weight excluding hydrogens is 364 g/mol. The highest BCUT2D eigenvalue weighted by Gasteiger charge is 2.16. The minimum absolute atomic E-state index is 0.0379. The third kappa shape index (κ3) is 3.98. The molecule has 0 spiro atoms. The zero-order valence-electron chi connectivity index (χ0n) is 14.2. The highest BCUT2D eigenvalue weighted by Crippen LogP contribution is 2.31. The highest BCUT2D eigenvalue weighted by molar-refractivity contribution is 7.99. The summed E-state index contributed by atoms with van der Waals surface area (Å²) >= 11 is 1.60. The van der Waals surface area contributed by atoms with Gasteiger partial charge in [-0.05, 0) is 30.3 Å². The molecule has 3 N–H and O–H groups in total. The van der Waals surface area contributed by atoms with Crippen LogP contribution in [0.25, 0.3) is 11.4 Å². The number of aromatic nitrogens is 4. The van der Waals surface area contributed by atoms with E-state index in [2.05, 4.69) is 30.8 Å². The van der Waals surface area contributed by atoms with Gasteiger partial charge < -0.3 is 10.6 Å². The van der Waals surface area contributed by atoms with Gasteiger partial charge in [0.2, 0.25) is 5.91 Å². The zero-order chi connectivity index (χ0) is 18.6. The van der Waals surface area contributed by atoms with E-state index in [1.54, 1.807) is 36.3 Å². The Morgan fingerprint density at radius 1 is 1.22 bits per heavy atom. The van der Waals surface area contributed by atoms with Crippen molar-refractivity contribution in [3.05, 3.63) is 54.1 Å². The second-order valence-electron chi connectivity index (χ2n) is 5.88. The van der Waals surface area contributed by atoms with Crippen LogP contribution in [0.1, 0.15) is 22.6 Å². The maximum Gasteiger partial charge on any atom is 0.251 e. The maximum absolute atomic E-state index is 12.4. The van der Waals surface area contributed by atoms with Gasteiger partial charge in [-0.25, -0.2) is 4.98 Å². The van der Waals surface area contributed by atoms with E-state index in [0.29, 0.717) is 29.3 Å². The normalized spacial score (nSPS) is 13.4. The van der Waals surface area contributed by atoms with Gasteiger partial charge in [0.05, 0.1) is 12.2 Å². The lowest BCUT2D eigenvalue weighted by Gasteiger charge is -2.09. The first-order chi connectivity index (χ1) is 13.2. The molecule has 1 aromatic carbocycles. The van der Waals surface area contributed by atoms with E-state index >= 15 is 0 Å². The second-order valence-corrected chi connectivity index (χ2v) is 7.02. The van der Waals surface area contributed by atoms with Crippen LogP contribution >= 0.6 is 11.8 Å². The van der Waals surface area contributed by atoms with Gasteiger partial charge in [-0.3, -0.25) is 19.7 Å². The van der Waals surface area contributed by atoms with Gasteiger partial charge in [0, 0.05) is 40.6 Å². The number of nitrogens with one attached hydrogen (secondary N) is 3. The number of carbonyl (C=O) groups is 2.